The van der Waals surface area contributed by atoms with Crippen molar-refractivity contribution in [3.8, 4) is 17.6 Å². The van der Waals surface area contributed by atoms with Crippen molar-refractivity contribution in [2.75, 3.05) is 13.2 Å². The number of halogens is 2. The Morgan fingerprint density at radius 1 is 1.35 bits per heavy atom. The molecule has 0 spiro atoms. The van der Waals surface area contributed by atoms with Crippen LogP contribution < -0.4 is 10.1 Å². The van der Waals surface area contributed by atoms with E-state index in [4.69, 9.17) is 4.74 Å². The standard InChI is InChI=1S/C13H15Br2NO/c1-3-5-6-16-9-10-7-11(14)8-12(15)13(10)17-4-2/h7-8,16H,4,6,9H2,1-2H3. The van der Waals surface area contributed by atoms with Crippen LogP contribution in [0.1, 0.15) is 19.4 Å². The summed E-state index contributed by atoms with van der Waals surface area (Å²) in [6, 6.07) is 4.04. The maximum atomic E-state index is 5.64. The Kier molecular flexibility index (Phi) is 6.64. The Morgan fingerprint density at radius 2 is 2.12 bits per heavy atom. The minimum Gasteiger partial charge on any atom is -0.492 e. The molecule has 0 amide bonds. The first kappa shape index (κ1) is 14.6. The zero-order chi connectivity index (χ0) is 12.7. The van der Waals surface area contributed by atoms with Crippen molar-refractivity contribution in [3.63, 3.8) is 0 Å². The summed E-state index contributed by atoms with van der Waals surface area (Å²) in [5.74, 6) is 6.72. The maximum absolute atomic E-state index is 5.64. The molecule has 0 aromatic heterocycles. The summed E-state index contributed by atoms with van der Waals surface area (Å²) >= 11 is 6.99. The van der Waals surface area contributed by atoms with E-state index in [1.165, 1.54) is 0 Å². The minimum absolute atomic E-state index is 0.655. The van der Waals surface area contributed by atoms with Gasteiger partial charge in [-0.1, -0.05) is 21.9 Å². The fraction of sp³-hybridized carbons (Fsp3) is 0.385. The lowest BCUT2D eigenvalue weighted by Crippen LogP contribution is -2.14. The van der Waals surface area contributed by atoms with E-state index in [1.807, 2.05) is 19.9 Å². The highest BCUT2D eigenvalue weighted by atomic mass is 79.9. The van der Waals surface area contributed by atoms with E-state index in [-0.39, 0.29) is 0 Å². The van der Waals surface area contributed by atoms with Crippen LogP contribution in [-0.2, 0) is 6.54 Å². The minimum atomic E-state index is 0.655. The maximum Gasteiger partial charge on any atom is 0.138 e. The molecule has 0 radical (unpaired) electrons. The van der Waals surface area contributed by atoms with Gasteiger partial charge in [-0.05, 0) is 41.9 Å². The van der Waals surface area contributed by atoms with E-state index in [0.717, 1.165) is 26.8 Å². The van der Waals surface area contributed by atoms with Gasteiger partial charge >= 0.3 is 0 Å². The van der Waals surface area contributed by atoms with Crippen molar-refractivity contribution in [1.29, 1.82) is 0 Å². The zero-order valence-electron chi connectivity index (χ0n) is 9.94. The SMILES string of the molecule is CC#CCNCc1cc(Br)cc(Br)c1OCC. The van der Waals surface area contributed by atoms with Crippen molar-refractivity contribution in [3.05, 3.63) is 26.6 Å². The summed E-state index contributed by atoms with van der Waals surface area (Å²) in [6.45, 7) is 5.90. The molecule has 0 unspecified atom stereocenters. The van der Waals surface area contributed by atoms with Crippen LogP contribution in [0.15, 0.2) is 21.1 Å². The molecule has 0 bridgehead atoms. The van der Waals surface area contributed by atoms with E-state index in [1.54, 1.807) is 0 Å². The highest BCUT2D eigenvalue weighted by molar-refractivity contribution is 9.11. The first-order chi connectivity index (χ1) is 8.19. The molecule has 0 fully saturated rings. The molecule has 0 heterocycles. The molecule has 1 N–H and O–H groups in total. The monoisotopic (exact) mass is 359 g/mol. The largest absolute Gasteiger partial charge is 0.492 e. The van der Waals surface area contributed by atoms with Crippen molar-refractivity contribution < 1.29 is 4.74 Å². The summed E-state index contributed by atoms with van der Waals surface area (Å²) in [4.78, 5) is 0. The molecule has 1 rings (SSSR count). The van der Waals surface area contributed by atoms with Crippen LogP contribution in [0.5, 0.6) is 5.75 Å². The number of nitrogens with one attached hydrogen (secondary N) is 1. The van der Waals surface area contributed by atoms with Crippen LogP contribution in [0.4, 0.5) is 0 Å². The van der Waals surface area contributed by atoms with Gasteiger partial charge in [-0.15, -0.1) is 5.92 Å². The number of rotatable bonds is 5. The lowest BCUT2D eigenvalue weighted by atomic mass is 10.2. The molecule has 0 aliphatic heterocycles. The van der Waals surface area contributed by atoms with E-state index >= 15 is 0 Å². The number of hydrogen-bond acceptors (Lipinski definition) is 2. The van der Waals surface area contributed by atoms with Crippen LogP contribution in [0.25, 0.3) is 0 Å². The molecule has 4 heteroatoms. The quantitative estimate of drug-likeness (QED) is 0.638. The average molecular weight is 361 g/mol. The fourth-order valence-electron chi connectivity index (χ4n) is 1.40. The van der Waals surface area contributed by atoms with Crippen LogP contribution in [0.3, 0.4) is 0 Å². The van der Waals surface area contributed by atoms with Gasteiger partial charge in [-0.3, -0.25) is 0 Å². The normalized spacial score (nSPS) is 9.65. The fourth-order valence-corrected chi connectivity index (χ4v) is 2.83. The predicted molar refractivity (Wildman–Crippen MR) is 78.2 cm³/mol. The van der Waals surface area contributed by atoms with Crippen molar-refractivity contribution in [2.45, 2.75) is 20.4 Å². The lowest BCUT2D eigenvalue weighted by molar-refractivity contribution is 0.333. The Labute approximate surface area is 119 Å². The van der Waals surface area contributed by atoms with Crippen LogP contribution in [-0.4, -0.2) is 13.2 Å². The lowest BCUT2D eigenvalue weighted by Gasteiger charge is -2.13. The van der Waals surface area contributed by atoms with Gasteiger partial charge in [0.25, 0.3) is 0 Å². The first-order valence-electron chi connectivity index (χ1n) is 5.40. The van der Waals surface area contributed by atoms with Gasteiger partial charge in [0, 0.05) is 16.6 Å². The highest BCUT2D eigenvalue weighted by Crippen LogP contribution is 2.32. The van der Waals surface area contributed by atoms with Crippen LogP contribution >= 0.6 is 31.9 Å². The Morgan fingerprint density at radius 3 is 2.76 bits per heavy atom. The third-order valence-corrected chi connectivity index (χ3v) is 3.13. The van der Waals surface area contributed by atoms with Crippen LogP contribution in [0.2, 0.25) is 0 Å². The van der Waals surface area contributed by atoms with Gasteiger partial charge in [0.05, 0.1) is 17.6 Å². The third-order valence-electron chi connectivity index (χ3n) is 2.08. The second-order valence-corrected chi connectivity index (χ2v) is 5.11. The van der Waals surface area contributed by atoms with E-state index in [0.29, 0.717) is 13.2 Å². The van der Waals surface area contributed by atoms with E-state index in [9.17, 15) is 0 Å². The number of hydrogen-bond donors (Lipinski definition) is 1. The molecule has 0 aliphatic carbocycles. The van der Waals surface area contributed by atoms with Crippen LogP contribution in [0, 0.1) is 11.8 Å². The van der Waals surface area contributed by atoms with Gasteiger partial charge < -0.3 is 10.1 Å². The molecule has 17 heavy (non-hydrogen) atoms. The molecule has 0 aliphatic rings. The highest BCUT2D eigenvalue weighted by Gasteiger charge is 2.09. The van der Waals surface area contributed by atoms with Crippen molar-refractivity contribution >= 4 is 31.9 Å². The molecular formula is C13H15Br2NO. The van der Waals surface area contributed by atoms with Gasteiger partial charge in [0.2, 0.25) is 0 Å². The third kappa shape index (κ3) is 4.71. The molecule has 92 valence electrons. The molecule has 0 saturated heterocycles. The smallest absolute Gasteiger partial charge is 0.138 e. The Bertz CT molecular complexity index is 435. The van der Waals surface area contributed by atoms with Gasteiger partial charge in [-0.2, -0.15) is 0 Å². The molecular weight excluding hydrogens is 346 g/mol. The molecule has 0 atom stereocenters. The number of ether oxygens (including phenoxy) is 1. The van der Waals surface area contributed by atoms with E-state index in [2.05, 4.69) is 55.1 Å². The summed E-state index contributed by atoms with van der Waals surface area (Å²) in [5.41, 5.74) is 1.12. The van der Waals surface area contributed by atoms with Crippen molar-refractivity contribution in [1.82, 2.24) is 5.32 Å². The Hall–Kier alpha value is -0.500. The van der Waals surface area contributed by atoms with Gasteiger partial charge in [-0.25, -0.2) is 0 Å². The van der Waals surface area contributed by atoms with E-state index < -0.39 is 0 Å². The number of benzene rings is 1. The zero-order valence-corrected chi connectivity index (χ0v) is 13.1. The summed E-state index contributed by atoms with van der Waals surface area (Å²) < 4.78 is 7.63. The second-order valence-electron chi connectivity index (χ2n) is 3.34. The molecule has 2 nitrogen and oxygen atoms in total. The summed E-state index contributed by atoms with van der Waals surface area (Å²) in [6.07, 6.45) is 0. The first-order valence-corrected chi connectivity index (χ1v) is 6.98. The molecule has 1 aromatic carbocycles. The average Bonchev–Trinajstić information content (AvgIpc) is 2.29. The second kappa shape index (κ2) is 7.75. The van der Waals surface area contributed by atoms with Crippen molar-refractivity contribution in [2.24, 2.45) is 0 Å². The topological polar surface area (TPSA) is 21.3 Å². The predicted octanol–water partition coefficient (Wildman–Crippen LogP) is 3.72. The summed E-state index contributed by atoms with van der Waals surface area (Å²) in [5, 5.41) is 3.26. The van der Waals surface area contributed by atoms with Gasteiger partial charge in [0.1, 0.15) is 5.75 Å². The summed E-state index contributed by atoms with van der Waals surface area (Å²) in [7, 11) is 0. The molecule has 1 aromatic rings. The molecule has 0 saturated carbocycles. The Balaban J connectivity index is 2.82. The van der Waals surface area contributed by atoms with Gasteiger partial charge in [0.15, 0.2) is 0 Å².